The number of aryl methyl sites for hydroxylation is 1. The topological polar surface area (TPSA) is 104 Å². The summed E-state index contributed by atoms with van der Waals surface area (Å²) in [7, 11) is 0. The molecule has 0 aliphatic carbocycles. The first-order valence-corrected chi connectivity index (χ1v) is 3.72. The van der Waals surface area contributed by atoms with Crippen LogP contribution in [0.3, 0.4) is 0 Å². The van der Waals surface area contributed by atoms with Crippen molar-refractivity contribution in [3.05, 3.63) is 5.89 Å². The van der Waals surface area contributed by atoms with Gasteiger partial charge in [-0.3, -0.25) is 0 Å². The number of anilines is 1. The lowest BCUT2D eigenvalue weighted by Gasteiger charge is -1.82. The van der Waals surface area contributed by atoms with Crippen molar-refractivity contribution in [2.75, 3.05) is 5.73 Å². The molecule has 2 heterocycles. The van der Waals surface area contributed by atoms with Crippen molar-refractivity contribution in [2.45, 2.75) is 13.3 Å². The van der Waals surface area contributed by atoms with Crippen molar-refractivity contribution >= 4 is 5.82 Å². The van der Waals surface area contributed by atoms with Crippen LogP contribution in [0.1, 0.15) is 12.8 Å². The van der Waals surface area contributed by atoms with E-state index in [9.17, 15) is 0 Å². The van der Waals surface area contributed by atoms with Crippen molar-refractivity contribution in [3.8, 4) is 11.5 Å². The number of hydrogen-bond donors (Lipinski definition) is 1. The number of nitrogens with zero attached hydrogens (tertiary/aromatic N) is 4. The SMILES string of the molecule is CCc1nc(-c2nonc2N)no1. The van der Waals surface area contributed by atoms with Gasteiger partial charge >= 0.3 is 0 Å². The van der Waals surface area contributed by atoms with Crippen LogP contribution in [0.2, 0.25) is 0 Å². The predicted octanol–water partition coefficient (Wildman–Crippen LogP) is 0.264. The Morgan fingerprint density at radius 3 is 2.69 bits per heavy atom. The van der Waals surface area contributed by atoms with Crippen molar-refractivity contribution in [2.24, 2.45) is 0 Å². The molecule has 0 atom stereocenters. The molecule has 0 aliphatic rings. The van der Waals surface area contributed by atoms with E-state index in [1.165, 1.54) is 0 Å². The molecular formula is C6H7N5O2. The molecule has 0 bridgehead atoms. The smallest absolute Gasteiger partial charge is 0.228 e. The zero-order valence-electron chi connectivity index (χ0n) is 6.89. The molecule has 2 aromatic heterocycles. The number of hydrogen-bond acceptors (Lipinski definition) is 7. The molecule has 68 valence electrons. The third-order valence-corrected chi connectivity index (χ3v) is 1.50. The van der Waals surface area contributed by atoms with Gasteiger partial charge in [0.1, 0.15) is 0 Å². The fourth-order valence-corrected chi connectivity index (χ4v) is 0.845. The molecule has 2 aromatic rings. The predicted molar refractivity (Wildman–Crippen MR) is 41.4 cm³/mol. The van der Waals surface area contributed by atoms with Crippen molar-refractivity contribution in [3.63, 3.8) is 0 Å². The third-order valence-electron chi connectivity index (χ3n) is 1.50. The number of nitrogens with two attached hydrogens (primary N) is 1. The van der Waals surface area contributed by atoms with Crippen LogP contribution in [0.4, 0.5) is 5.82 Å². The maximum atomic E-state index is 5.43. The molecule has 0 aliphatic heterocycles. The van der Waals surface area contributed by atoms with Crippen LogP contribution in [-0.2, 0) is 6.42 Å². The molecule has 0 amide bonds. The molecule has 0 unspecified atom stereocenters. The first-order chi connectivity index (χ1) is 6.31. The quantitative estimate of drug-likeness (QED) is 0.708. The minimum atomic E-state index is 0.156. The molecule has 2 rings (SSSR count). The highest BCUT2D eigenvalue weighted by Gasteiger charge is 2.15. The normalized spacial score (nSPS) is 10.5. The van der Waals surface area contributed by atoms with E-state index >= 15 is 0 Å². The van der Waals surface area contributed by atoms with Gasteiger partial charge in [-0.15, -0.1) is 0 Å². The summed E-state index contributed by atoms with van der Waals surface area (Å²) < 4.78 is 9.26. The van der Waals surface area contributed by atoms with Gasteiger partial charge in [-0.05, 0) is 10.3 Å². The summed E-state index contributed by atoms with van der Waals surface area (Å²) in [6, 6.07) is 0. The fourth-order valence-electron chi connectivity index (χ4n) is 0.845. The lowest BCUT2D eigenvalue weighted by molar-refractivity contribution is 0.310. The van der Waals surface area contributed by atoms with E-state index in [1.54, 1.807) is 0 Å². The second-order valence-electron chi connectivity index (χ2n) is 2.36. The lowest BCUT2D eigenvalue weighted by Crippen LogP contribution is -1.90. The van der Waals surface area contributed by atoms with E-state index in [0.717, 1.165) is 0 Å². The average molecular weight is 181 g/mol. The molecule has 7 heteroatoms. The summed E-state index contributed by atoms with van der Waals surface area (Å²) in [5.74, 6) is 0.983. The molecule has 13 heavy (non-hydrogen) atoms. The first-order valence-electron chi connectivity index (χ1n) is 3.72. The van der Waals surface area contributed by atoms with Crippen LogP contribution in [0.15, 0.2) is 9.15 Å². The van der Waals surface area contributed by atoms with E-state index in [0.29, 0.717) is 23.8 Å². The van der Waals surface area contributed by atoms with Crippen LogP contribution >= 0.6 is 0 Å². The van der Waals surface area contributed by atoms with Crippen LogP contribution in [-0.4, -0.2) is 20.5 Å². The average Bonchev–Trinajstić information content (AvgIpc) is 2.71. The minimum absolute atomic E-state index is 0.156. The Labute approximate surface area is 72.9 Å². The molecule has 0 saturated heterocycles. The maximum Gasteiger partial charge on any atom is 0.228 e. The first kappa shape index (κ1) is 7.71. The van der Waals surface area contributed by atoms with Gasteiger partial charge in [0.25, 0.3) is 0 Å². The van der Waals surface area contributed by atoms with Crippen molar-refractivity contribution in [1.82, 2.24) is 20.5 Å². The Bertz CT molecular complexity index is 407. The third kappa shape index (κ3) is 1.24. The molecule has 0 spiro atoms. The van der Waals surface area contributed by atoms with E-state index in [4.69, 9.17) is 10.3 Å². The van der Waals surface area contributed by atoms with Gasteiger partial charge in [-0.25, -0.2) is 4.63 Å². The molecule has 0 fully saturated rings. The monoisotopic (exact) mass is 181 g/mol. The summed E-state index contributed by atoms with van der Waals surface area (Å²) in [5, 5.41) is 10.6. The van der Waals surface area contributed by atoms with Gasteiger partial charge in [0.05, 0.1) is 0 Å². The summed E-state index contributed by atoms with van der Waals surface area (Å²) in [4.78, 5) is 4.01. The Morgan fingerprint density at radius 1 is 1.31 bits per heavy atom. The van der Waals surface area contributed by atoms with Gasteiger partial charge in [-0.1, -0.05) is 12.1 Å². The van der Waals surface area contributed by atoms with Gasteiger partial charge in [0.15, 0.2) is 11.5 Å². The Morgan fingerprint density at radius 2 is 2.15 bits per heavy atom. The summed E-state index contributed by atoms with van der Waals surface area (Å²) in [6.07, 6.45) is 0.665. The Balaban J connectivity index is 2.41. The molecular weight excluding hydrogens is 174 g/mol. The maximum absolute atomic E-state index is 5.43. The van der Waals surface area contributed by atoms with Crippen LogP contribution in [0.5, 0.6) is 0 Å². The van der Waals surface area contributed by atoms with Crippen LogP contribution in [0, 0.1) is 0 Å². The lowest BCUT2D eigenvalue weighted by atomic mass is 10.4. The van der Waals surface area contributed by atoms with E-state index in [2.05, 4.69) is 25.1 Å². The number of nitrogen functional groups attached to an aromatic ring is 1. The van der Waals surface area contributed by atoms with Crippen molar-refractivity contribution < 1.29 is 9.15 Å². The Hall–Kier alpha value is -1.92. The van der Waals surface area contributed by atoms with Crippen LogP contribution in [0.25, 0.3) is 11.5 Å². The summed E-state index contributed by atoms with van der Waals surface area (Å²) in [6.45, 7) is 1.90. The van der Waals surface area contributed by atoms with Gasteiger partial charge in [-0.2, -0.15) is 4.98 Å². The molecule has 0 radical (unpaired) electrons. The highest BCUT2D eigenvalue weighted by molar-refractivity contribution is 5.61. The minimum Gasteiger partial charge on any atom is -0.379 e. The summed E-state index contributed by atoms with van der Waals surface area (Å²) >= 11 is 0. The van der Waals surface area contributed by atoms with Crippen LogP contribution < -0.4 is 5.73 Å². The zero-order chi connectivity index (χ0) is 9.26. The number of aromatic nitrogens is 4. The van der Waals surface area contributed by atoms with Gasteiger partial charge in [0.2, 0.25) is 11.7 Å². The standard InChI is InChI=1S/C6H7N5O2/c1-2-3-8-6(11-12-3)4-5(7)10-13-9-4/h2H2,1H3,(H2,7,10). The second kappa shape index (κ2) is 2.85. The largest absolute Gasteiger partial charge is 0.379 e. The highest BCUT2D eigenvalue weighted by atomic mass is 16.6. The molecule has 2 N–H and O–H groups in total. The van der Waals surface area contributed by atoms with Gasteiger partial charge < -0.3 is 10.3 Å². The zero-order valence-corrected chi connectivity index (χ0v) is 6.89. The van der Waals surface area contributed by atoms with Crippen molar-refractivity contribution in [1.29, 1.82) is 0 Å². The second-order valence-corrected chi connectivity index (χ2v) is 2.36. The molecule has 7 nitrogen and oxygen atoms in total. The fraction of sp³-hybridized carbons (Fsp3) is 0.333. The Kier molecular flexibility index (Phi) is 1.69. The molecule has 0 aromatic carbocycles. The van der Waals surface area contributed by atoms with E-state index in [-0.39, 0.29) is 5.82 Å². The number of rotatable bonds is 2. The van der Waals surface area contributed by atoms with E-state index < -0.39 is 0 Å². The molecule has 0 saturated carbocycles. The highest BCUT2D eigenvalue weighted by Crippen LogP contribution is 2.17. The van der Waals surface area contributed by atoms with Gasteiger partial charge in [0, 0.05) is 6.42 Å². The summed E-state index contributed by atoms with van der Waals surface area (Å²) in [5.41, 5.74) is 5.74. The van der Waals surface area contributed by atoms with E-state index in [1.807, 2.05) is 6.92 Å².